The fraction of sp³-hybridized carbons (Fsp3) is 0.969. The molecule has 0 aliphatic rings. The number of rotatable bonds is 29. The third kappa shape index (κ3) is 26.5. The minimum atomic E-state index is -0.967. The quantitative estimate of drug-likeness (QED) is 0.0774. The van der Waals surface area contributed by atoms with Gasteiger partial charge in [-0.15, -0.1) is 0 Å². The molecule has 36 heavy (non-hydrogen) atoms. The van der Waals surface area contributed by atoms with Crippen LogP contribution in [0.2, 0.25) is 0 Å². The molecule has 4 nitrogen and oxygen atoms in total. The number of unbranched alkanes of at least 4 members (excludes halogenated alkanes) is 20. The molecule has 0 spiro atoms. The molecule has 0 aliphatic heterocycles. The Balaban J connectivity index is 3.97. The third-order valence-electron chi connectivity index (χ3n) is 7.53. The lowest BCUT2D eigenvalue weighted by Gasteiger charge is -2.17. The van der Waals surface area contributed by atoms with Crippen LogP contribution in [0.1, 0.15) is 174 Å². The number of hydrogen-bond donors (Lipinski definition) is 2. The fourth-order valence-electron chi connectivity index (χ4n) is 5.08. The topological polar surface area (TPSA) is 66.8 Å². The summed E-state index contributed by atoms with van der Waals surface area (Å²) in [6.45, 7) is 4.08. The van der Waals surface area contributed by atoms with Gasteiger partial charge in [0, 0.05) is 6.42 Å². The molecule has 0 aromatic rings. The number of carbonyl (C=O) groups excluding carboxylic acids is 1. The summed E-state index contributed by atoms with van der Waals surface area (Å²) in [5.41, 5.74) is 0. The normalized spacial score (nSPS) is 13.1. The zero-order valence-corrected chi connectivity index (χ0v) is 24.5. The predicted molar refractivity (Wildman–Crippen MR) is 154 cm³/mol. The van der Waals surface area contributed by atoms with Gasteiger partial charge in [0.05, 0.1) is 6.61 Å². The van der Waals surface area contributed by atoms with E-state index in [-0.39, 0.29) is 19.2 Å². The second-order valence-electron chi connectivity index (χ2n) is 11.2. The van der Waals surface area contributed by atoms with Gasteiger partial charge in [0.15, 0.2) is 0 Å². The summed E-state index contributed by atoms with van der Waals surface area (Å²) in [5, 5.41) is 18.4. The van der Waals surface area contributed by atoms with Crippen molar-refractivity contribution in [1.29, 1.82) is 0 Å². The van der Waals surface area contributed by atoms with Crippen molar-refractivity contribution in [2.24, 2.45) is 5.92 Å². The van der Waals surface area contributed by atoms with Gasteiger partial charge in [-0.3, -0.25) is 4.79 Å². The lowest BCUT2D eigenvalue weighted by molar-refractivity contribution is -0.148. The summed E-state index contributed by atoms with van der Waals surface area (Å²) in [7, 11) is 0. The maximum Gasteiger partial charge on any atom is 0.306 e. The van der Waals surface area contributed by atoms with Crippen LogP contribution in [0.15, 0.2) is 0 Å². The second-order valence-corrected chi connectivity index (χ2v) is 11.2. The molecular weight excluding hydrogens is 448 g/mol. The van der Waals surface area contributed by atoms with Crippen LogP contribution < -0.4 is 0 Å². The molecule has 0 rings (SSSR count). The molecule has 0 aliphatic carbocycles. The van der Waals surface area contributed by atoms with E-state index < -0.39 is 6.10 Å². The Morgan fingerprint density at radius 1 is 0.583 bits per heavy atom. The van der Waals surface area contributed by atoms with Crippen molar-refractivity contribution in [2.45, 2.75) is 180 Å². The van der Waals surface area contributed by atoms with Gasteiger partial charge < -0.3 is 14.9 Å². The zero-order chi connectivity index (χ0) is 26.5. The van der Waals surface area contributed by atoms with E-state index in [9.17, 15) is 9.90 Å². The first-order valence-corrected chi connectivity index (χ1v) is 16.1. The highest BCUT2D eigenvalue weighted by molar-refractivity contribution is 5.69. The van der Waals surface area contributed by atoms with Gasteiger partial charge in [0.25, 0.3) is 0 Å². The highest BCUT2D eigenvalue weighted by Gasteiger charge is 2.16. The SMILES string of the molecule is CCCCCCCCCCCCCCC(CCCCCCCCCCCC)CC(=O)OCC(O)CO. The van der Waals surface area contributed by atoms with Crippen LogP contribution in [0.5, 0.6) is 0 Å². The highest BCUT2D eigenvalue weighted by Crippen LogP contribution is 2.23. The molecular formula is C32H64O4. The smallest absolute Gasteiger partial charge is 0.306 e. The van der Waals surface area contributed by atoms with Gasteiger partial charge in [-0.1, -0.05) is 155 Å². The van der Waals surface area contributed by atoms with Crippen molar-refractivity contribution < 1.29 is 19.7 Å². The van der Waals surface area contributed by atoms with Crippen molar-refractivity contribution in [3.8, 4) is 0 Å². The molecule has 0 bridgehead atoms. The summed E-state index contributed by atoms with van der Waals surface area (Å²) in [6.07, 6.45) is 31.3. The molecule has 0 aromatic carbocycles. The first-order valence-electron chi connectivity index (χ1n) is 16.1. The maximum atomic E-state index is 12.3. The van der Waals surface area contributed by atoms with Crippen molar-refractivity contribution in [3.05, 3.63) is 0 Å². The molecule has 0 amide bonds. The summed E-state index contributed by atoms with van der Waals surface area (Å²) in [6, 6.07) is 0. The predicted octanol–water partition coefficient (Wildman–Crippen LogP) is 9.29. The molecule has 2 atom stereocenters. The van der Waals surface area contributed by atoms with Crippen molar-refractivity contribution >= 4 is 5.97 Å². The van der Waals surface area contributed by atoms with Gasteiger partial charge in [-0.25, -0.2) is 0 Å². The number of aliphatic hydroxyl groups excluding tert-OH is 2. The van der Waals surface area contributed by atoms with E-state index in [1.54, 1.807) is 0 Å². The molecule has 0 heterocycles. The third-order valence-corrected chi connectivity index (χ3v) is 7.53. The second kappa shape index (κ2) is 29.0. The largest absolute Gasteiger partial charge is 0.463 e. The van der Waals surface area contributed by atoms with Crippen molar-refractivity contribution in [1.82, 2.24) is 0 Å². The van der Waals surface area contributed by atoms with Crippen LogP contribution >= 0.6 is 0 Å². The molecule has 2 N–H and O–H groups in total. The number of esters is 1. The van der Waals surface area contributed by atoms with Crippen LogP contribution in [-0.4, -0.2) is 35.5 Å². The van der Waals surface area contributed by atoms with Crippen LogP contribution in [-0.2, 0) is 9.53 Å². The van der Waals surface area contributed by atoms with Gasteiger partial charge in [-0.05, 0) is 18.8 Å². The monoisotopic (exact) mass is 512 g/mol. The summed E-state index contributed by atoms with van der Waals surface area (Å²) >= 11 is 0. The molecule has 0 saturated heterocycles. The number of carbonyl (C=O) groups is 1. The lowest BCUT2D eigenvalue weighted by Crippen LogP contribution is -2.23. The number of ether oxygens (including phenoxy) is 1. The van der Waals surface area contributed by atoms with E-state index in [1.807, 2.05) is 0 Å². The molecule has 0 saturated carbocycles. The average molecular weight is 513 g/mol. The summed E-state index contributed by atoms with van der Waals surface area (Å²) in [5.74, 6) is 0.166. The molecule has 0 radical (unpaired) electrons. The number of hydrogen-bond acceptors (Lipinski definition) is 4. The fourth-order valence-corrected chi connectivity index (χ4v) is 5.08. The van der Waals surface area contributed by atoms with Crippen LogP contribution in [0, 0.1) is 5.92 Å². The minimum absolute atomic E-state index is 0.0983. The molecule has 0 fully saturated rings. The minimum Gasteiger partial charge on any atom is -0.463 e. The van der Waals surface area contributed by atoms with Crippen LogP contribution in [0.4, 0.5) is 0 Å². The summed E-state index contributed by atoms with van der Waals surface area (Å²) < 4.78 is 5.19. The van der Waals surface area contributed by atoms with Crippen molar-refractivity contribution in [2.75, 3.05) is 13.2 Å². The van der Waals surface area contributed by atoms with E-state index in [0.29, 0.717) is 12.3 Å². The molecule has 2 unspecified atom stereocenters. The van der Waals surface area contributed by atoms with Gasteiger partial charge in [-0.2, -0.15) is 0 Å². The van der Waals surface area contributed by atoms with Crippen LogP contribution in [0.25, 0.3) is 0 Å². The first-order chi connectivity index (χ1) is 17.6. The first kappa shape index (κ1) is 35.4. The van der Waals surface area contributed by atoms with E-state index in [2.05, 4.69) is 13.8 Å². The van der Waals surface area contributed by atoms with E-state index in [0.717, 1.165) is 12.8 Å². The lowest BCUT2D eigenvalue weighted by atomic mass is 9.91. The Hall–Kier alpha value is -0.610. The standard InChI is InChI=1S/C32H64O4/c1-3-5-7-9-11-13-15-16-18-20-22-24-26-30(27-32(35)36-29-31(34)28-33)25-23-21-19-17-14-12-10-8-6-4-2/h30-31,33-34H,3-29H2,1-2H3. The molecule has 216 valence electrons. The van der Waals surface area contributed by atoms with Gasteiger partial charge >= 0.3 is 5.97 Å². The Labute approximate surface area is 225 Å². The maximum absolute atomic E-state index is 12.3. The van der Waals surface area contributed by atoms with Crippen LogP contribution in [0.3, 0.4) is 0 Å². The van der Waals surface area contributed by atoms with E-state index >= 15 is 0 Å². The molecule has 0 aromatic heterocycles. The Kier molecular flexibility index (Phi) is 28.5. The van der Waals surface area contributed by atoms with Gasteiger partial charge in [0.2, 0.25) is 0 Å². The van der Waals surface area contributed by atoms with Gasteiger partial charge in [0.1, 0.15) is 12.7 Å². The average Bonchev–Trinajstić information content (AvgIpc) is 2.88. The van der Waals surface area contributed by atoms with E-state index in [4.69, 9.17) is 9.84 Å². The Morgan fingerprint density at radius 2 is 0.917 bits per heavy atom. The molecule has 4 heteroatoms. The summed E-state index contributed by atoms with van der Waals surface area (Å²) in [4.78, 5) is 12.3. The Bertz CT molecular complexity index is 440. The Morgan fingerprint density at radius 3 is 1.25 bits per heavy atom. The highest BCUT2D eigenvalue weighted by atomic mass is 16.5. The zero-order valence-electron chi connectivity index (χ0n) is 24.5. The number of aliphatic hydroxyl groups is 2. The van der Waals surface area contributed by atoms with Crippen molar-refractivity contribution in [3.63, 3.8) is 0 Å². The van der Waals surface area contributed by atoms with E-state index in [1.165, 1.54) is 141 Å².